The molecular weight excluding hydrogens is 531 g/mol. The number of nitrogens with zero attached hydrogens (tertiary/aromatic N) is 2. The summed E-state index contributed by atoms with van der Waals surface area (Å²) in [6.45, 7) is 0.224. The number of carbonyl (C=O) groups excluding carboxylic acids is 1. The molecule has 7 nitrogen and oxygen atoms in total. The Morgan fingerprint density at radius 1 is 0.750 bits per heavy atom. The Bertz CT molecular complexity index is 1520. The van der Waals surface area contributed by atoms with Crippen LogP contribution in [0.1, 0.15) is 27.0 Å². The molecule has 0 bridgehead atoms. The summed E-state index contributed by atoms with van der Waals surface area (Å²) in [4.78, 5) is 16.0. The van der Waals surface area contributed by atoms with Gasteiger partial charge in [0.2, 0.25) is 10.0 Å². The highest BCUT2D eigenvalue weighted by atomic mass is 32.2. The largest absolute Gasteiger partial charge is 0.493 e. The van der Waals surface area contributed by atoms with Crippen LogP contribution in [-0.4, -0.2) is 39.7 Å². The van der Waals surface area contributed by atoms with Crippen molar-refractivity contribution in [2.45, 2.75) is 19.6 Å². The Morgan fingerprint density at radius 2 is 1.25 bits per heavy atom. The second-order valence-electron chi connectivity index (χ2n) is 9.22. The van der Waals surface area contributed by atoms with Crippen molar-refractivity contribution in [2.24, 2.45) is 0 Å². The molecule has 0 heterocycles. The molecule has 0 aromatic heterocycles. The minimum Gasteiger partial charge on any atom is -0.493 e. The Kier molecular flexibility index (Phi) is 9.06. The maximum Gasteiger partial charge on any atom is 0.256 e. The zero-order valence-electron chi connectivity index (χ0n) is 22.6. The summed E-state index contributed by atoms with van der Waals surface area (Å²) in [7, 11) is -1.12. The molecule has 0 aliphatic carbocycles. The van der Waals surface area contributed by atoms with Gasteiger partial charge in [-0.05, 0) is 23.3 Å². The highest BCUT2D eigenvalue weighted by Crippen LogP contribution is 2.38. The predicted octanol–water partition coefficient (Wildman–Crippen LogP) is 5.65. The lowest BCUT2D eigenvalue weighted by atomic mass is 10.1. The molecule has 9 heteroatoms. The van der Waals surface area contributed by atoms with Crippen molar-refractivity contribution in [3.63, 3.8) is 0 Å². The summed E-state index contributed by atoms with van der Waals surface area (Å²) in [5.41, 5.74) is 2.10. The highest BCUT2D eigenvalue weighted by molar-refractivity contribution is 7.92. The van der Waals surface area contributed by atoms with Crippen molar-refractivity contribution in [1.29, 1.82) is 0 Å². The zero-order chi connectivity index (χ0) is 28.7. The van der Waals surface area contributed by atoms with Gasteiger partial charge in [-0.2, -0.15) is 0 Å². The minimum atomic E-state index is -3.98. The smallest absolute Gasteiger partial charge is 0.256 e. The third-order valence-corrected chi connectivity index (χ3v) is 7.52. The van der Waals surface area contributed by atoms with Crippen molar-refractivity contribution in [3.8, 4) is 11.5 Å². The number of methoxy groups -OCH3 is 2. The number of anilines is 1. The second kappa shape index (κ2) is 12.7. The van der Waals surface area contributed by atoms with Crippen LogP contribution in [0.15, 0.2) is 97.1 Å². The maximum atomic E-state index is 14.6. The number of ether oxygens (including phenoxy) is 2. The van der Waals surface area contributed by atoms with Gasteiger partial charge < -0.3 is 14.4 Å². The molecule has 0 saturated carbocycles. The van der Waals surface area contributed by atoms with Crippen LogP contribution < -0.4 is 13.8 Å². The lowest BCUT2D eigenvalue weighted by Crippen LogP contribution is -2.35. The van der Waals surface area contributed by atoms with E-state index < -0.39 is 21.7 Å². The van der Waals surface area contributed by atoms with E-state index in [0.717, 1.165) is 21.7 Å². The molecular formula is C31H31FN2O5S. The summed E-state index contributed by atoms with van der Waals surface area (Å²) >= 11 is 0. The number of sulfonamides is 1. The number of hydrogen-bond donors (Lipinski definition) is 0. The molecule has 0 unspecified atom stereocenters. The molecule has 208 valence electrons. The van der Waals surface area contributed by atoms with Crippen molar-refractivity contribution in [1.82, 2.24) is 4.90 Å². The van der Waals surface area contributed by atoms with Crippen LogP contribution in [0.3, 0.4) is 0 Å². The molecule has 0 N–H and O–H groups in total. The van der Waals surface area contributed by atoms with Gasteiger partial charge >= 0.3 is 0 Å². The molecule has 0 radical (unpaired) electrons. The summed E-state index contributed by atoms with van der Waals surface area (Å²) in [5.74, 6) is -0.493. The van der Waals surface area contributed by atoms with Crippen LogP contribution >= 0.6 is 0 Å². The summed E-state index contributed by atoms with van der Waals surface area (Å²) in [6.07, 6.45) is 1.02. The van der Waals surface area contributed by atoms with Gasteiger partial charge in [-0.25, -0.2) is 12.8 Å². The van der Waals surface area contributed by atoms with Gasteiger partial charge in [0.05, 0.1) is 38.3 Å². The Labute approximate surface area is 234 Å². The molecule has 40 heavy (non-hydrogen) atoms. The van der Waals surface area contributed by atoms with Gasteiger partial charge in [0, 0.05) is 24.7 Å². The first-order valence-electron chi connectivity index (χ1n) is 12.6. The normalized spacial score (nSPS) is 11.1. The first-order chi connectivity index (χ1) is 19.2. The summed E-state index contributed by atoms with van der Waals surface area (Å²) < 4.78 is 52.9. The maximum absolute atomic E-state index is 14.6. The van der Waals surface area contributed by atoms with Crippen LogP contribution in [0.25, 0.3) is 0 Å². The van der Waals surface area contributed by atoms with E-state index in [4.69, 9.17) is 9.47 Å². The SMILES string of the molecule is COc1cc(C(=O)N(Cc2ccccc2)Cc2ccccc2)c(N(Cc2ccccc2F)S(C)(=O)=O)cc1OC. The topological polar surface area (TPSA) is 76.2 Å². The van der Waals surface area contributed by atoms with E-state index in [-0.39, 0.29) is 47.9 Å². The Balaban J connectivity index is 1.87. The first-order valence-corrected chi connectivity index (χ1v) is 14.4. The molecule has 1 amide bonds. The average Bonchev–Trinajstić information content (AvgIpc) is 2.96. The Hall–Kier alpha value is -4.37. The minimum absolute atomic E-state index is 0.0551. The molecule has 0 fully saturated rings. The summed E-state index contributed by atoms with van der Waals surface area (Å²) in [5, 5.41) is 0. The van der Waals surface area contributed by atoms with Crippen LogP contribution in [0, 0.1) is 5.82 Å². The number of carbonyl (C=O) groups is 1. The third-order valence-electron chi connectivity index (χ3n) is 6.39. The van der Waals surface area contributed by atoms with Crippen molar-refractivity contribution in [3.05, 3.63) is 125 Å². The van der Waals surface area contributed by atoms with E-state index >= 15 is 0 Å². The van der Waals surface area contributed by atoms with Crippen LogP contribution in [0.4, 0.5) is 10.1 Å². The third kappa shape index (κ3) is 6.79. The number of benzene rings is 4. The average molecular weight is 563 g/mol. The van der Waals surface area contributed by atoms with Gasteiger partial charge in [-0.15, -0.1) is 0 Å². The summed E-state index contributed by atoms with van der Waals surface area (Å²) in [6, 6.07) is 27.9. The molecule has 4 aromatic carbocycles. The van der Waals surface area contributed by atoms with Crippen molar-refractivity contribution >= 4 is 21.6 Å². The van der Waals surface area contributed by atoms with Gasteiger partial charge in [-0.3, -0.25) is 9.10 Å². The molecule has 4 aromatic rings. The van der Waals surface area contributed by atoms with E-state index in [9.17, 15) is 17.6 Å². The Morgan fingerprint density at radius 3 is 1.75 bits per heavy atom. The van der Waals surface area contributed by atoms with E-state index in [0.29, 0.717) is 0 Å². The van der Waals surface area contributed by atoms with Gasteiger partial charge in [0.25, 0.3) is 5.91 Å². The standard InChI is InChI=1S/C31H31FN2O5S/c1-38-29-18-26(31(35)33(20-23-12-6-4-7-13-23)21-24-14-8-5-9-15-24)28(19-30(29)39-2)34(40(3,36)37)22-25-16-10-11-17-27(25)32/h4-19H,20-22H2,1-3H3. The molecule has 0 saturated heterocycles. The van der Waals surface area contributed by atoms with Gasteiger partial charge in [-0.1, -0.05) is 78.9 Å². The van der Waals surface area contributed by atoms with Crippen LogP contribution in [-0.2, 0) is 29.7 Å². The molecule has 0 atom stereocenters. The van der Waals surface area contributed by atoms with Gasteiger partial charge in [0.15, 0.2) is 11.5 Å². The predicted molar refractivity (Wildman–Crippen MR) is 153 cm³/mol. The molecule has 0 spiro atoms. The lowest BCUT2D eigenvalue weighted by Gasteiger charge is -2.29. The fourth-order valence-corrected chi connectivity index (χ4v) is 5.27. The van der Waals surface area contributed by atoms with Crippen LogP contribution in [0.5, 0.6) is 11.5 Å². The fourth-order valence-electron chi connectivity index (χ4n) is 4.39. The molecule has 0 aliphatic heterocycles. The van der Waals surface area contributed by atoms with Crippen LogP contribution in [0.2, 0.25) is 0 Å². The zero-order valence-corrected chi connectivity index (χ0v) is 23.4. The number of hydrogen-bond acceptors (Lipinski definition) is 5. The number of rotatable bonds is 11. The van der Waals surface area contributed by atoms with E-state index in [2.05, 4.69) is 0 Å². The number of amides is 1. The lowest BCUT2D eigenvalue weighted by molar-refractivity contribution is 0.0730. The highest BCUT2D eigenvalue weighted by Gasteiger charge is 2.29. The van der Waals surface area contributed by atoms with Gasteiger partial charge in [0.1, 0.15) is 5.82 Å². The fraction of sp³-hybridized carbons (Fsp3) is 0.194. The molecule has 4 rings (SSSR count). The monoisotopic (exact) mass is 562 g/mol. The molecule has 0 aliphatic rings. The van der Waals surface area contributed by atoms with Crippen molar-refractivity contribution < 1.29 is 27.1 Å². The second-order valence-corrected chi connectivity index (χ2v) is 11.1. The van der Waals surface area contributed by atoms with E-state index in [1.807, 2.05) is 60.7 Å². The van der Waals surface area contributed by atoms with E-state index in [1.165, 1.54) is 44.6 Å². The quantitative estimate of drug-likeness (QED) is 0.236. The number of halogens is 1. The van der Waals surface area contributed by atoms with E-state index in [1.54, 1.807) is 11.0 Å². The van der Waals surface area contributed by atoms with Crippen molar-refractivity contribution in [2.75, 3.05) is 24.8 Å². The first kappa shape index (κ1) is 28.6.